The third-order valence-electron chi connectivity index (χ3n) is 6.46. The molecule has 2 unspecified atom stereocenters. The zero-order valence-electron chi connectivity index (χ0n) is 20.1. The average molecular weight is 431 g/mol. The Morgan fingerprint density at radius 2 is 1.06 bits per heavy atom. The van der Waals surface area contributed by atoms with Gasteiger partial charge in [0.2, 0.25) is 0 Å². The standard InChI is InChI=1S/C30H38O2/c1-5-8-27-19-25(12-14-29(27)31)21(3)16-23-10-7-11-24(18-23)17-22(4)26-13-15-30(32)28(20-26)9-6-2/h7,10-15,18-22,31-32H,5-6,8-9,16-17H2,1-4H3. The average Bonchev–Trinajstić information content (AvgIpc) is 2.77. The van der Waals surface area contributed by atoms with Crippen LogP contribution in [0.4, 0.5) is 0 Å². The first-order valence-electron chi connectivity index (χ1n) is 12.1. The highest BCUT2D eigenvalue weighted by Crippen LogP contribution is 2.29. The molecule has 32 heavy (non-hydrogen) atoms. The molecule has 0 heterocycles. The van der Waals surface area contributed by atoms with Crippen molar-refractivity contribution in [3.63, 3.8) is 0 Å². The van der Waals surface area contributed by atoms with Gasteiger partial charge in [-0.2, -0.15) is 0 Å². The summed E-state index contributed by atoms with van der Waals surface area (Å²) in [4.78, 5) is 0. The van der Waals surface area contributed by atoms with Crippen LogP contribution in [0.1, 0.15) is 85.8 Å². The van der Waals surface area contributed by atoms with E-state index in [1.54, 1.807) is 0 Å². The fraction of sp³-hybridized carbons (Fsp3) is 0.400. The number of benzene rings is 3. The minimum atomic E-state index is 0.396. The van der Waals surface area contributed by atoms with E-state index >= 15 is 0 Å². The number of rotatable bonds is 10. The quantitative estimate of drug-likeness (QED) is 0.346. The van der Waals surface area contributed by atoms with Crippen LogP contribution in [0.3, 0.4) is 0 Å². The van der Waals surface area contributed by atoms with Crippen LogP contribution in [0.25, 0.3) is 0 Å². The van der Waals surface area contributed by atoms with Crippen LogP contribution in [0.5, 0.6) is 11.5 Å². The molecular formula is C30H38O2. The largest absolute Gasteiger partial charge is 0.508 e. The van der Waals surface area contributed by atoms with Gasteiger partial charge in [-0.1, -0.05) is 89.1 Å². The lowest BCUT2D eigenvalue weighted by atomic mass is 9.88. The Labute approximate surface area is 194 Å². The van der Waals surface area contributed by atoms with E-state index in [-0.39, 0.29) is 0 Å². The Kier molecular flexibility index (Phi) is 8.39. The number of hydrogen-bond donors (Lipinski definition) is 2. The minimum absolute atomic E-state index is 0.396. The summed E-state index contributed by atoms with van der Waals surface area (Å²) >= 11 is 0. The molecule has 0 fully saturated rings. The van der Waals surface area contributed by atoms with Gasteiger partial charge in [-0.05, 0) is 83.0 Å². The van der Waals surface area contributed by atoms with Crippen LogP contribution in [0.15, 0.2) is 60.7 Å². The molecule has 170 valence electrons. The Morgan fingerprint density at radius 3 is 1.47 bits per heavy atom. The molecule has 0 aliphatic heterocycles. The SMILES string of the molecule is CCCc1cc(C(C)Cc2cccc(CC(C)c3ccc(O)c(CCC)c3)c2)ccc1O. The van der Waals surface area contributed by atoms with Gasteiger partial charge in [-0.3, -0.25) is 0 Å². The van der Waals surface area contributed by atoms with Crippen molar-refractivity contribution in [3.8, 4) is 11.5 Å². The molecule has 0 bridgehead atoms. The molecule has 0 saturated carbocycles. The number of phenolic OH excluding ortho intramolecular Hbond substituents is 2. The molecule has 0 spiro atoms. The molecule has 3 aromatic carbocycles. The molecule has 0 aliphatic rings. The monoisotopic (exact) mass is 430 g/mol. The molecule has 2 N–H and O–H groups in total. The topological polar surface area (TPSA) is 40.5 Å². The molecule has 2 heteroatoms. The predicted molar refractivity (Wildman–Crippen MR) is 135 cm³/mol. The first kappa shape index (κ1) is 23.9. The summed E-state index contributed by atoms with van der Waals surface area (Å²) in [5.74, 6) is 1.62. The Hall–Kier alpha value is -2.74. The van der Waals surface area contributed by atoms with Gasteiger partial charge in [0.25, 0.3) is 0 Å². The van der Waals surface area contributed by atoms with Crippen LogP contribution in [0.2, 0.25) is 0 Å². The van der Waals surface area contributed by atoms with Crippen molar-refractivity contribution >= 4 is 0 Å². The van der Waals surface area contributed by atoms with Crippen molar-refractivity contribution in [2.45, 2.75) is 78.1 Å². The van der Waals surface area contributed by atoms with Gasteiger partial charge in [-0.25, -0.2) is 0 Å². The molecule has 2 nitrogen and oxygen atoms in total. The van der Waals surface area contributed by atoms with E-state index < -0.39 is 0 Å². The van der Waals surface area contributed by atoms with Gasteiger partial charge in [0.1, 0.15) is 11.5 Å². The first-order valence-corrected chi connectivity index (χ1v) is 12.1. The summed E-state index contributed by atoms with van der Waals surface area (Å²) in [6, 6.07) is 21.1. The van der Waals surface area contributed by atoms with E-state index in [1.807, 2.05) is 12.1 Å². The molecule has 0 aliphatic carbocycles. The highest BCUT2D eigenvalue weighted by molar-refractivity contribution is 5.40. The number of hydrogen-bond acceptors (Lipinski definition) is 2. The lowest BCUT2D eigenvalue weighted by molar-refractivity contribution is 0.466. The molecule has 0 saturated heterocycles. The predicted octanol–water partition coefficient (Wildman–Crippen LogP) is 7.70. The molecule has 0 amide bonds. The Balaban J connectivity index is 1.70. The summed E-state index contributed by atoms with van der Waals surface area (Å²) < 4.78 is 0. The van der Waals surface area contributed by atoms with E-state index in [1.165, 1.54) is 22.3 Å². The molecular weight excluding hydrogens is 392 g/mol. The molecule has 3 aromatic rings. The van der Waals surface area contributed by atoms with Crippen LogP contribution < -0.4 is 0 Å². The second kappa shape index (κ2) is 11.2. The van der Waals surface area contributed by atoms with Gasteiger partial charge in [0.15, 0.2) is 0 Å². The highest BCUT2D eigenvalue weighted by atomic mass is 16.3. The number of aromatic hydroxyl groups is 2. The van der Waals surface area contributed by atoms with Crippen LogP contribution in [-0.4, -0.2) is 10.2 Å². The van der Waals surface area contributed by atoms with Crippen molar-refractivity contribution in [1.82, 2.24) is 0 Å². The Morgan fingerprint density at radius 1 is 0.625 bits per heavy atom. The molecule has 0 radical (unpaired) electrons. The van der Waals surface area contributed by atoms with Crippen molar-refractivity contribution < 1.29 is 10.2 Å². The lowest BCUT2D eigenvalue weighted by Crippen LogP contribution is -2.03. The van der Waals surface area contributed by atoms with Crippen LogP contribution >= 0.6 is 0 Å². The zero-order chi connectivity index (χ0) is 23.1. The fourth-order valence-electron chi connectivity index (χ4n) is 4.59. The molecule has 0 aromatic heterocycles. The van der Waals surface area contributed by atoms with E-state index in [0.29, 0.717) is 23.3 Å². The van der Waals surface area contributed by atoms with Crippen molar-refractivity contribution in [2.75, 3.05) is 0 Å². The fourth-order valence-corrected chi connectivity index (χ4v) is 4.59. The summed E-state index contributed by atoms with van der Waals surface area (Å²) in [7, 11) is 0. The van der Waals surface area contributed by atoms with E-state index in [2.05, 4.69) is 76.2 Å². The summed E-state index contributed by atoms with van der Waals surface area (Å²) in [5, 5.41) is 20.2. The smallest absolute Gasteiger partial charge is 0.118 e. The minimum Gasteiger partial charge on any atom is -0.508 e. The van der Waals surface area contributed by atoms with Crippen LogP contribution in [-0.2, 0) is 25.7 Å². The van der Waals surface area contributed by atoms with Crippen molar-refractivity contribution in [3.05, 3.63) is 94.0 Å². The Bertz CT molecular complexity index is 942. The number of aryl methyl sites for hydroxylation is 2. The maximum absolute atomic E-state index is 10.1. The van der Waals surface area contributed by atoms with E-state index in [4.69, 9.17) is 0 Å². The van der Waals surface area contributed by atoms with E-state index in [0.717, 1.165) is 49.7 Å². The summed E-state index contributed by atoms with van der Waals surface area (Å²) in [6.45, 7) is 8.82. The molecule has 3 rings (SSSR count). The molecule has 2 atom stereocenters. The second-order valence-corrected chi connectivity index (χ2v) is 9.31. The first-order chi connectivity index (χ1) is 15.4. The van der Waals surface area contributed by atoms with Gasteiger partial charge in [0, 0.05) is 0 Å². The summed E-state index contributed by atoms with van der Waals surface area (Å²) in [5.41, 5.74) is 7.39. The van der Waals surface area contributed by atoms with Gasteiger partial charge in [-0.15, -0.1) is 0 Å². The van der Waals surface area contributed by atoms with E-state index in [9.17, 15) is 10.2 Å². The summed E-state index contributed by atoms with van der Waals surface area (Å²) in [6.07, 6.45) is 5.87. The van der Waals surface area contributed by atoms with Crippen molar-refractivity contribution in [1.29, 1.82) is 0 Å². The van der Waals surface area contributed by atoms with Crippen molar-refractivity contribution in [2.24, 2.45) is 0 Å². The van der Waals surface area contributed by atoms with Gasteiger partial charge >= 0.3 is 0 Å². The third kappa shape index (κ3) is 6.16. The van der Waals surface area contributed by atoms with Gasteiger partial charge < -0.3 is 10.2 Å². The maximum Gasteiger partial charge on any atom is 0.118 e. The van der Waals surface area contributed by atoms with Gasteiger partial charge in [0.05, 0.1) is 0 Å². The maximum atomic E-state index is 10.1. The zero-order valence-corrected chi connectivity index (χ0v) is 20.1. The third-order valence-corrected chi connectivity index (χ3v) is 6.46. The highest BCUT2D eigenvalue weighted by Gasteiger charge is 2.13. The normalized spacial score (nSPS) is 13.1. The van der Waals surface area contributed by atoms with Crippen LogP contribution in [0, 0.1) is 0 Å². The lowest BCUT2D eigenvalue weighted by Gasteiger charge is -2.17. The second-order valence-electron chi connectivity index (χ2n) is 9.31. The number of phenols is 2.